The zero-order chi connectivity index (χ0) is 8.10. The molecule has 0 atom stereocenters. The van der Waals surface area contributed by atoms with Gasteiger partial charge in [0.2, 0.25) is 0 Å². The van der Waals surface area contributed by atoms with Gasteiger partial charge in [-0.1, -0.05) is 0 Å². The second kappa shape index (κ2) is 4.70. The standard InChI is InChI=1S/C7H10ClNOS/c1-2-10-5-7-9-4-6(3-8)11-7/h4H,2-3,5H2,1H3. The first-order valence-corrected chi connectivity index (χ1v) is 4.79. The van der Waals surface area contributed by atoms with Crippen molar-refractivity contribution in [2.24, 2.45) is 0 Å². The van der Waals surface area contributed by atoms with Gasteiger partial charge >= 0.3 is 0 Å². The molecule has 1 rings (SSSR count). The van der Waals surface area contributed by atoms with Gasteiger partial charge in [0, 0.05) is 17.7 Å². The number of rotatable bonds is 4. The molecular weight excluding hydrogens is 182 g/mol. The Bertz CT molecular complexity index is 214. The summed E-state index contributed by atoms with van der Waals surface area (Å²) < 4.78 is 5.18. The van der Waals surface area contributed by atoms with Crippen molar-refractivity contribution < 1.29 is 4.74 Å². The molecule has 0 spiro atoms. The largest absolute Gasteiger partial charge is 0.375 e. The number of hydrogen-bond donors (Lipinski definition) is 0. The second-order valence-electron chi connectivity index (χ2n) is 1.99. The van der Waals surface area contributed by atoms with E-state index in [1.807, 2.05) is 6.92 Å². The summed E-state index contributed by atoms with van der Waals surface area (Å²) >= 11 is 7.21. The quantitative estimate of drug-likeness (QED) is 0.682. The molecule has 62 valence electrons. The van der Waals surface area contributed by atoms with E-state index in [1.54, 1.807) is 17.5 Å². The van der Waals surface area contributed by atoms with E-state index in [0.29, 0.717) is 12.5 Å². The van der Waals surface area contributed by atoms with Crippen LogP contribution in [0.2, 0.25) is 0 Å². The van der Waals surface area contributed by atoms with Crippen LogP contribution in [0.1, 0.15) is 16.8 Å². The van der Waals surface area contributed by atoms with Crippen molar-refractivity contribution in [1.82, 2.24) is 4.98 Å². The van der Waals surface area contributed by atoms with Crippen molar-refractivity contribution in [1.29, 1.82) is 0 Å². The Balaban J connectivity index is 2.44. The summed E-state index contributed by atoms with van der Waals surface area (Å²) in [6, 6.07) is 0. The van der Waals surface area contributed by atoms with Crippen molar-refractivity contribution in [2.45, 2.75) is 19.4 Å². The second-order valence-corrected chi connectivity index (χ2v) is 3.46. The fourth-order valence-electron chi connectivity index (χ4n) is 0.666. The Hall–Kier alpha value is -0.120. The maximum absolute atomic E-state index is 5.60. The lowest BCUT2D eigenvalue weighted by molar-refractivity contribution is 0.134. The highest BCUT2D eigenvalue weighted by molar-refractivity contribution is 7.11. The predicted octanol–water partition coefficient (Wildman–Crippen LogP) is 2.42. The van der Waals surface area contributed by atoms with Crippen LogP contribution >= 0.6 is 22.9 Å². The third-order valence-electron chi connectivity index (χ3n) is 1.16. The minimum atomic E-state index is 0.545. The number of hydrogen-bond acceptors (Lipinski definition) is 3. The summed E-state index contributed by atoms with van der Waals surface area (Å²) in [5.74, 6) is 0.545. The minimum Gasteiger partial charge on any atom is -0.375 e. The first-order valence-electron chi connectivity index (χ1n) is 3.44. The lowest BCUT2D eigenvalue weighted by atomic mass is 10.6. The van der Waals surface area contributed by atoms with Gasteiger partial charge in [0.15, 0.2) is 0 Å². The summed E-state index contributed by atoms with van der Waals surface area (Å²) in [7, 11) is 0. The Kier molecular flexibility index (Phi) is 3.83. The molecule has 1 heterocycles. The molecule has 0 aliphatic rings. The van der Waals surface area contributed by atoms with E-state index >= 15 is 0 Å². The van der Waals surface area contributed by atoms with Crippen molar-refractivity contribution in [3.63, 3.8) is 0 Å². The average Bonchev–Trinajstić information content (AvgIpc) is 2.48. The first kappa shape index (κ1) is 8.97. The molecule has 0 saturated carbocycles. The van der Waals surface area contributed by atoms with Gasteiger partial charge in [0.1, 0.15) is 5.01 Å². The van der Waals surface area contributed by atoms with Gasteiger partial charge in [-0.05, 0) is 6.92 Å². The van der Waals surface area contributed by atoms with Gasteiger partial charge in [-0.3, -0.25) is 0 Å². The van der Waals surface area contributed by atoms with Crippen LogP contribution < -0.4 is 0 Å². The summed E-state index contributed by atoms with van der Waals surface area (Å²) in [4.78, 5) is 5.23. The number of thiazole rings is 1. The minimum absolute atomic E-state index is 0.545. The van der Waals surface area contributed by atoms with Gasteiger partial charge in [0.25, 0.3) is 0 Å². The highest BCUT2D eigenvalue weighted by Gasteiger charge is 1.99. The summed E-state index contributed by atoms with van der Waals surface area (Å²) in [6.07, 6.45) is 1.80. The first-order chi connectivity index (χ1) is 5.36. The normalized spacial score (nSPS) is 10.4. The maximum Gasteiger partial charge on any atom is 0.119 e. The highest BCUT2D eigenvalue weighted by Crippen LogP contribution is 2.15. The smallest absolute Gasteiger partial charge is 0.119 e. The molecule has 1 aromatic heterocycles. The Morgan fingerprint density at radius 1 is 1.73 bits per heavy atom. The fraction of sp³-hybridized carbons (Fsp3) is 0.571. The van der Waals surface area contributed by atoms with Crippen molar-refractivity contribution >= 4 is 22.9 Å². The molecule has 0 bridgehead atoms. The molecule has 0 unspecified atom stereocenters. The fourth-order valence-corrected chi connectivity index (χ4v) is 1.61. The molecule has 0 aromatic carbocycles. The maximum atomic E-state index is 5.60. The summed E-state index contributed by atoms with van der Waals surface area (Å²) in [5.41, 5.74) is 0. The Labute approximate surface area is 75.2 Å². The van der Waals surface area contributed by atoms with Crippen LogP contribution in [-0.4, -0.2) is 11.6 Å². The molecule has 4 heteroatoms. The summed E-state index contributed by atoms with van der Waals surface area (Å²) in [6.45, 7) is 3.31. The summed E-state index contributed by atoms with van der Waals surface area (Å²) in [5, 5.41) is 1.00. The SMILES string of the molecule is CCOCc1ncc(CCl)s1. The molecule has 0 N–H and O–H groups in total. The number of ether oxygens (including phenoxy) is 1. The topological polar surface area (TPSA) is 22.1 Å². The van der Waals surface area contributed by atoms with Gasteiger partial charge < -0.3 is 4.74 Å². The van der Waals surface area contributed by atoms with Crippen molar-refractivity contribution in [2.75, 3.05) is 6.61 Å². The van der Waals surface area contributed by atoms with E-state index < -0.39 is 0 Å². The molecular formula is C7H10ClNOS. The number of alkyl halides is 1. The lowest BCUT2D eigenvalue weighted by Crippen LogP contribution is -1.89. The van der Waals surface area contributed by atoms with Gasteiger partial charge in [0.05, 0.1) is 12.5 Å². The molecule has 0 fully saturated rings. The van der Waals surface area contributed by atoms with Gasteiger partial charge in [-0.2, -0.15) is 0 Å². The highest BCUT2D eigenvalue weighted by atomic mass is 35.5. The molecule has 1 aromatic rings. The van der Waals surface area contributed by atoms with Crippen LogP contribution in [0.4, 0.5) is 0 Å². The van der Waals surface area contributed by atoms with E-state index in [9.17, 15) is 0 Å². The molecule has 11 heavy (non-hydrogen) atoms. The van der Waals surface area contributed by atoms with Crippen molar-refractivity contribution in [3.05, 3.63) is 16.1 Å². The van der Waals surface area contributed by atoms with Gasteiger partial charge in [-0.25, -0.2) is 4.98 Å². The molecule has 0 aliphatic carbocycles. The van der Waals surface area contributed by atoms with Crippen LogP contribution in [0.5, 0.6) is 0 Å². The number of aromatic nitrogens is 1. The van der Waals surface area contributed by atoms with Crippen LogP contribution in [0.15, 0.2) is 6.20 Å². The average molecular weight is 192 g/mol. The van der Waals surface area contributed by atoms with E-state index in [4.69, 9.17) is 16.3 Å². The number of halogens is 1. The zero-order valence-electron chi connectivity index (χ0n) is 6.34. The van der Waals surface area contributed by atoms with E-state index in [0.717, 1.165) is 16.5 Å². The predicted molar refractivity (Wildman–Crippen MR) is 47.0 cm³/mol. The third kappa shape index (κ3) is 2.77. The number of nitrogens with zero attached hydrogens (tertiary/aromatic N) is 1. The van der Waals surface area contributed by atoms with Crippen LogP contribution in [0, 0.1) is 0 Å². The molecule has 0 radical (unpaired) electrons. The van der Waals surface area contributed by atoms with Crippen LogP contribution in [-0.2, 0) is 17.2 Å². The molecule has 0 amide bonds. The lowest BCUT2D eigenvalue weighted by Gasteiger charge is -1.93. The Morgan fingerprint density at radius 3 is 3.09 bits per heavy atom. The molecule has 0 saturated heterocycles. The third-order valence-corrected chi connectivity index (χ3v) is 2.58. The van der Waals surface area contributed by atoms with Gasteiger partial charge in [-0.15, -0.1) is 22.9 Å². The van der Waals surface area contributed by atoms with Crippen LogP contribution in [0.3, 0.4) is 0 Å². The Morgan fingerprint density at radius 2 is 2.55 bits per heavy atom. The van der Waals surface area contributed by atoms with E-state index in [-0.39, 0.29) is 0 Å². The van der Waals surface area contributed by atoms with Crippen LogP contribution in [0.25, 0.3) is 0 Å². The monoisotopic (exact) mass is 191 g/mol. The molecule has 0 aliphatic heterocycles. The zero-order valence-corrected chi connectivity index (χ0v) is 7.91. The van der Waals surface area contributed by atoms with E-state index in [1.165, 1.54) is 0 Å². The van der Waals surface area contributed by atoms with E-state index in [2.05, 4.69) is 4.98 Å². The van der Waals surface area contributed by atoms with Crippen molar-refractivity contribution in [3.8, 4) is 0 Å². The molecule has 2 nitrogen and oxygen atoms in total.